The summed E-state index contributed by atoms with van der Waals surface area (Å²) < 4.78 is 0. The fourth-order valence-electron chi connectivity index (χ4n) is 7.42. The van der Waals surface area contributed by atoms with Crippen LogP contribution in [-0.4, -0.2) is 0 Å². The minimum Gasteiger partial charge on any atom is -0.317 e. The zero-order valence-corrected chi connectivity index (χ0v) is 33.6. The van der Waals surface area contributed by atoms with Gasteiger partial charge in [0, 0.05) is 34.5 Å². The van der Waals surface area contributed by atoms with E-state index in [0.29, 0.717) is 0 Å². The summed E-state index contributed by atoms with van der Waals surface area (Å²) in [5.74, 6) is 0. The molecule has 8 aromatic carbocycles. The maximum Gasteiger partial charge on any atom is 0.0540 e. The minimum absolute atomic E-state index is 1.03. The SMILES string of the molecule is C=C/C=C(\C=C)c1ccc(N(c2ccc(-c3ccccc3)cc2)c2ccccc2-c2ccc(-c3ccc(N(/C=C/C=C\c4ccccc4)c4ccccc4)cc3)cc2)cc1. The van der Waals surface area contributed by atoms with Crippen LogP contribution in [0.15, 0.2) is 262 Å². The maximum atomic E-state index is 4.02. The van der Waals surface area contributed by atoms with Gasteiger partial charge in [0.05, 0.1) is 5.69 Å². The largest absolute Gasteiger partial charge is 0.317 e. The number of para-hydroxylation sites is 2. The van der Waals surface area contributed by atoms with Gasteiger partial charge in [-0.3, -0.25) is 0 Å². The molecule has 0 saturated heterocycles. The highest BCUT2D eigenvalue weighted by molar-refractivity contribution is 5.89. The van der Waals surface area contributed by atoms with Crippen LogP contribution in [0.4, 0.5) is 28.4 Å². The van der Waals surface area contributed by atoms with Gasteiger partial charge in [-0.05, 0) is 105 Å². The second-order valence-electron chi connectivity index (χ2n) is 14.3. The van der Waals surface area contributed by atoms with Crippen LogP contribution in [0, 0.1) is 0 Å². The molecule has 60 heavy (non-hydrogen) atoms. The second kappa shape index (κ2) is 19.0. The smallest absolute Gasteiger partial charge is 0.0540 e. The maximum absolute atomic E-state index is 4.02. The van der Waals surface area contributed by atoms with E-state index in [1.54, 1.807) is 6.08 Å². The van der Waals surface area contributed by atoms with E-state index in [0.717, 1.165) is 61.8 Å². The Labute approximate surface area is 355 Å². The van der Waals surface area contributed by atoms with Gasteiger partial charge in [0.15, 0.2) is 0 Å². The van der Waals surface area contributed by atoms with Crippen LogP contribution in [0.3, 0.4) is 0 Å². The van der Waals surface area contributed by atoms with Gasteiger partial charge in [0.1, 0.15) is 0 Å². The van der Waals surface area contributed by atoms with Gasteiger partial charge in [-0.15, -0.1) is 0 Å². The van der Waals surface area contributed by atoms with Crippen LogP contribution in [0.25, 0.3) is 45.0 Å². The fourth-order valence-corrected chi connectivity index (χ4v) is 7.42. The molecule has 0 saturated carbocycles. The summed E-state index contributed by atoms with van der Waals surface area (Å²) in [6, 6.07) is 75.2. The molecule has 2 heteroatoms. The fraction of sp³-hybridized carbons (Fsp3) is 0. The second-order valence-corrected chi connectivity index (χ2v) is 14.3. The van der Waals surface area contributed by atoms with Crippen LogP contribution in [0.1, 0.15) is 11.1 Å². The molecule has 0 aliphatic heterocycles. The third-order valence-electron chi connectivity index (χ3n) is 10.5. The molecule has 0 aliphatic carbocycles. The molecule has 8 rings (SSSR count). The lowest BCUT2D eigenvalue weighted by Crippen LogP contribution is -2.11. The number of anilines is 5. The van der Waals surface area contributed by atoms with Gasteiger partial charge < -0.3 is 9.80 Å². The molecule has 0 atom stereocenters. The third-order valence-corrected chi connectivity index (χ3v) is 10.5. The highest BCUT2D eigenvalue weighted by Gasteiger charge is 2.18. The lowest BCUT2D eigenvalue weighted by molar-refractivity contribution is 1.28. The topological polar surface area (TPSA) is 6.48 Å². The average Bonchev–Trinajstić information content (AvgIpc) is 3.33. The summed E-state index contributed by atoms with van der Waals surface area (Å²) in [5, 5.41) is 0. The van der Waals surface area contributed by atoms with Crippen LogP contribution in [-0.2, 0) is 0 Å². The molecule has 0 amide bonds. The first-order valence-electron chi connectivity index (χ1n) is 20.2. The summed E-state index contributed by atoms with van der Waals surface area (Å²) in [4.78, 5) is 4.56. The van der Waals surface area contributed by atoms with Crippen molar-refractivity contribution in [2.45, 2.75) is 0 Å². The summed E-state index contributed by atoms with van der Waals surface area (Å²) in [6.45, 7) is 7.91. The summed E-state index contributed by atoms with van der Waals surface area (Å²) in [7, 11) is 0. The van der Waals surface area contributed by atoms with E-state index in [2.05, 4.69) is 248 Å². The molecular formula is C58H46N2. The average molecular weight is 771 g/mol. The Bertz CT molecular complexity index is 2730. The van der Waals surface area contributed by atoms with Gasteiger partial charge in [-0.25, -0.2) is 0 Å². The summed E-state index contributed by atoms with van der Waals surface area (Å²) in [6.07, 6.45) is 14.0. The van der Waals surface area contributed by atoms with Crippen molar-refractivity contribution < 1.29 is 0 Å². The van der Waals surface area contributed by atoms with Crippen LogP contribution in [0.5, 0.6) is 0 Å². The Morgan fingerprint density at radius 2 is 0.867 bits per heavy atom. The molecule has 8 aromatic rings. The lowest BCUT2D eigenvalue weighted by atomic mass is 9.97. The minimum atomic E-state index is 1.03. The van der Waals surface area contributed by atoms with Crippen molar-refractivity contribution in [1.82, 2.24) is 0 Å². The van der Waals surface area contributed by atoms with Crippen molar-refractivity contribution in [2.75, 3.05) is 9.80 Å². The standard InChI is InChI=1S/C58H46N2/c1-3-18-46(4-2)48-34-40-55(41-35-48)60(56-42-36-50(37-43-56)47-22-10-6-11-23-47)58-27-15-14-26-57(58)52-30-28-49(29-31-52)51-32-38-54(39-33-51)59(53-24-12-7-13-25-53)44-17-16-21-45-19-8-5-9-20-45/h3-44H,1-2H2/b21-16-,44-17+,46-18+. The first-order valence-corrected chi connectivity index (χ1v) is 20.2. The van der Waals surface area contributed by atoms with Gasteiger partial charge in [0.25, 0.3) is 0 Å². The first-order chi connectivity index (χ1) is 29.7. The van der Waals surface area contributed by atoms with E-state index >= 15 is 0 Å². The summed E-state index contributed by atoms with van der Waals surface area (Å²) in [5.41, 5.74) is 15.7. The number of nitrogens with zero attached hydrogens (tertiary/aromatic N) is 2. The molecule has 0 bridgehead atoms. The van der Waals surface area contributed by atoms with Crippen molar-refractivity contribution in [1.29, 1.82) is 0 Å². The van der Waals surface area contributed by atoms with Crippen LogP contribution in [0.2, 0.25) is 0 Å². The first kappa shape index (κ1) is 38.9. The van der Waals surface area contributed by atoms with Gasteiger partial charge >= 0.3 is 0 Å². The van der Waals surface area contributed by atoms with Crippen LogP contribution >= 0.6 is 0 Å². The Morgan fingerprint density at radius 3 is 1.47 bits per heavy atom. The highest BCUT2D eigenvalue weighted by Crippen LogP contribution is 2.42. The lowest BCUT2D eigenvalue weighted by Gasteiger charge is -2.28. The van der Waals surface area contributed by atoms with Crippen molar-refractivity contribution in [3.05, 3.63) is 273 Å². The van der Waals surface area contributed by atoms with Crippen molar-refractivity contribution in [3.8, 4) is 33.4 Å². The zero-order chi connectivity index (χ0) is 40.9. The Hall–Kier alpha value is -7.94. The predicted octanol–water partition coefficient (Wildman–Crippen LogP) is 16.3. The summed E-state index contributed by atoms with van der Waals surface area (Å²) >= 11 is 0. The molecule has 0 radical (unpaired) electrons. The van der Waals surface area contributed by atoms with E-state index < -0.39 is 0 Å². The molecule has 288 valence electrons. The van der Waals surface area contributed by atoms with Gasteiger partial charge in [-0.2, -0.15) is 0 Å². The number of hydrogen-bond donors (Lipinski definition) is 0. The van der Waals surface area contributed by atoms with Gasteiger partial charge in [0.2, 0.25) is 0 Å². The highest BCUT2D eigenvalue weighted by atomic mass is 15.1. The Balaban J connectivity index is 1.09. The van der Waals surface area contributed by atoms with Crippen molar-refractivity contribution >= 4 is 40.1 Å². The molecule has 0 spiro atoms. The Kier molecular flexibility index (Phi) is 12.3. The van der Waals surface area contributed by atoms with Crippen molar-refractivity contribution in [2.24, 2.45) is 0 Å². The normalized spacial score (nSPS) is 11.4. The van der Waals surface area contributed by atoms with E-state index in [-0.39, 0.29) is 0 Å². The van der Waals surface area contributed by atoms with Crippen molar-refractivity contribution in [3.63, 3.8) is 0 Å². The van der Waals surface area contributed by atoms with E-state index in [1.165, 1.54) is 16.7 Å². The molecule has 2 nitrogen and oxygen atoms in total. The molecule has 0 aromatic heterocycles. The van der Waals surface area contributed by atoms with E-state index in [4.69, 9.17) is 0 Å². The molecule has 0 N–H and O–H groups in total. The number of rotatable bonds is 14. The number of allylic oxidation sites excluding steroid dienone is 6. The van der Waals surface area contributed by atoms with Gasteiger partial charge in [-0.1, -0.05) is 201 Å². The zero-order valence-electron chi connectivity index (χ0n) is 33.6. The number of benzene rings is 8. The van der Waals surface area contributed by atoms with E-state index in [1.807, 2.05) is 24.3 Å². The van der Waals surface area contributed by atoms with E-state index in [9.17, 15) is 0 Å². The third kappa shape index (κ3) is 9.10. The Morgan fingerprint density at radius 1 is 0.400 bits per heavy atom. The molecule has 0 unspecified atom stereocenters. The molecule has 0 aliphatic rings. The number of hydrogen-bond acceptors (Lipinski definition) is 2. The molecule has 0 heterocycles. The molecule has 0 fully saturated rings. The quantitative estimate of drug-likeness (QED) is 0.102. The van der Waals surface area contributed by atoms with Crippen LogP contribution < -0.4 is 9.80 Å². The molecular weight excluding hydrogens is 725 g/mol. The monoisotopic (exact) mass is 770 g/mol. The predicted molar refractivity (Wildman–Crippen MR) is 259 cm³/mol.